The molecule has 52 heavy (non-hydrogen) atoms. The van der Waals surface area contributed by atoms with Gasteiger partial charge in [-0.05, 0) is 120 Å². The molecule has 0 amide bonds. The second kappa shape index (κ2) is 19.4. The van der Waals surface area contributed by atoms with E-state index in [4.69, 9.17) is 15.6 Å². The van der Waals surface area contributed by atoms with E-state index >= 15 is 0 Å². The van der Waals surface area contributed by atoms with Crippen molar-refractivity contribution in [3.63, 3.8) is 0 Å². The largest absolute Gasteiger partial charge is 0.456 e. The van der Waals surface area contributed by atoms with Crippen LogP contribution in [0.3, 0.4) is 0 Å². The molecule has 5 aromatic carbocycles. The van der Waals surface area contributed by atoms with Crippen LogP contribution in [0.15, 0.2) is 180 Å². The monoisotopic (exact) mass is 682 g/mol. The molecule has 1 heterocycles. The Balaban J connectivity index is 0.000000201. The van der Waals surface area contributed by atoms with Gasteiger partial charge in [0.2, 0.25) is 0 Å². The fraction of sp³-hybridized carbons (Fsp3) is 0.122. The number of allylic oxidation sites excluding steroid dienone is 8. The molecule has 262 valence electrons. The summed E-state index contributed by atoms with van der Waals surface area (Å²) < 4.78 is 5.73. The Labute approximate surface area is 310 Å². The van der Waals surface area contributed by atoms with Crippen molar-refractivity contribution in [2.24, 2.45) is 5.73 Å². The van der Waals surface area contributed by atoms with Gasteiger partial charge in [0.1, 0.15) is 11.2 Å². The third-order valence-corrected chi connectivity index (χ3v) is 8.70. The number of benzene rings is 5. The van der Waals surface area contributed by atoms with Gasteiger partial charge >= 0.3 is 0 Å². The van der Waals surface area contributed by atoms with Crippen molar-refractivity contribution in [3.05, 3.63) is 198 Å². The number of rotatable bonds is 7. The van der Waals surface area contributed by atoms with E-state index < -0.39 is 0 Å². The second-order valence-corrected chi connectivity index (χ2v) is 12.4. The summed E-state index contributed by atoms with van der Waals surface area (Å²) >= 11 is 0. The summed E-state index contributed by atoms with van der Waals surface area (Å²) in [6.07, 6.45) is 14.8. The first-order chi connectivity index (χ1) is 25.4. The maximum atomic E-state index is 5.73. The maximum absolute atomic E-state index is 5.73. The van der Waals surface area contributed by atoms with Gasteiger partial charge in [-0.1, -0.05) is 147 Å². The standard InChI is InChI=1S/C27H24.C13H10O.C8H13N.CH3N/c1-4-9-26-20(5-2)16-25-17-22(12-13-27(25)26)24-15-19(3)14-23(18-24)21-10-7-6-8-11-21;1-9-6-7-11-10-4-2-3-5-12(10)14-13(11)8-9;1-3-5-8(7-9)6-4-2;1-2/h4-15,17-18H,2,16H2,1,3H3;2-8H,1H3;3-6H,1,7,9H2,2H3;2H,1H2/b9-4-;;6-4-,8-5+;. The molecular formula is C49H50N2O. The van der Waals surface area contributed by atoms with Crippen LogP contribution in [0, 0.1) is 19.3 Å². The molecule has 0 saturated carbocycles. The highest BCUT2D eigenvalue weighted by atomic mass is 16.3. The summed E-state index contributed by atoms with van der Waals surface area (Å²) in [5.74, 6) is 0. The van der Waals surface area contributed by atoms with E-state index in [0.717, 1.165) is 23.2 Å². The first-order valence-electron chi connectivity index (χ1n) is 17.6. The Hall–Kier alpha value is -6.03. The average molecular weight is 683 g/mol. The van der Waals surface area contributed by atoms with Crippen molar-refractivity contribution in [1.29, 1.82) is 5.41 Å². The van der Waals surface area contributed by atoms with Crippen molar-refractivity contribution < 1.29 is 4.42 Å². The normalized spacial score (nSPS) is 12.1. The van der Waals surface area contributed by atoms with E-state index in [-0.39, 0.29) is 0 Å². The summed E-state index contributed by atoms with van der Waals surface area (Å²) in [4.78, 5) is 0. The van der Waals surface area contributed by atoms with Crippen LogP contribution in [-0.2, 0) is 6.42 Å². The van der Waals surface area contributed by atoms with Crippen LogP contribution < -0.4 is 5.73 Å². The molecule has 0 radical (unpaired) electrons. The van der Waals surface area contributed by atoms with Crippen LogP contribution in [0.4, 0.5) is 0 Å². The summed E-state index contributed by atoms with van der Waals surface area (Å²) in [7, 11) is 0. The summed E-state index contributed by atoms with van der Waals surface area (Å²) in [6.45, 7) is 18.9. The zero-order valence-corrected chi connectivity index (χ0v) is 31.0. The highest BCUT2D eigenvalue weighted by molar-refractivity contribution is 6.04. The van der Waals surface area contributed by atoms with Crippen LogP contribution in [0.25, 0.3) is 49.8 Å². The highest BCUT2D eigenvalue weighted by Gasteiger charge is 2.18. The fourth-order valence-corrected chi connectivity index (χ4v) is 6.34. The fourth-order valence-electron chi connectivity index (χ4n) is 6.34. The lowest BCUT2D eigenvalue weighted by atomic mass is 9.94. The minimum atomic E-state index is 0.580. The number of nitrogens with two attached hydrogens (primary N) is 1. The van der Waals surface area contributed by atoms with E-state index in [1.165, 1.54) is 66.4 Å². The third-order valence-electron chi connectivity index (χ3n) is 8.70. The van der Waals surface area contributed by atoms with Gasteiger partial charge < -0.3 is 15.6 Å². The first kappa shape index (κ1) is 38.8. The lowest BCUT2D eigenvalue weighted by Gasteiger charge is -2.10. The van der Waals surface area contributed by atoms with Gasteiger partial charge in [0.25, 0.3) is 0 Å². The zero-order chi connectivity index (χ0) is 37.5. The molecule has 3 N–H and O–H groups in total. The van der Waals surface area contributed by atoms with Gasteiger partial charge in [-0.15, -0.1) is 0 Å². The van der Waals surface area contributed by atoms with E-state index in [1.54, 1.807) is 6.08 Å². The van der Waals surface area contributed by atoms with Crippen molar-refractivity contribution in [3.8, 4) is 22.3 Å². The Morgan fingerprint density at radius 3 is 2.08 bits per heavy atom. The predicted molar refractivity (Wildman–Crippen MR) is 228 cm³/mol. The molecule has 1 aliphatic carbocycles. The third kappa shape index (κ3) is 9.60. The molecule has 3 heteroatoms. The van der Waals surface area contributed by atoms with Crippen LogP contribution in [0.5, 0.6) is 0 Å². The molecule has 0 bridgehead atoms. The Morgan fingerprint density at radius 2 is 1.40 bits per heavy atom. The smallest absolute Gasteiger partial charge is 0.135 e. The van der Waals surface area contributed by atoms with Crippen LogP contribution in [0.1, 0.15) is 36.1 Å². The number of hydrogen-bond donors (Lipinski definition) is 2. The minimum Gasteiger partial charge on any atom is -0.456 e. The number of para-hydroxylation sites is 1. The Kier molecular flexibility index (Phi) is 14.5. The van der Waals surface area contributed by atoms with Crippen molar-refractivity contribution in [2.45, 2.75) is 34.1 Å². The molecule has 1 aliphatic rings. The van der Waals surface area contributed by atoms with Gasteiger partial charge in [-0.25, -0.2) is 0 Å². The Bertz CT molecular complexity index is 2260. The van der Waals surface area contributed by atoms with Crippen molar-refractivity contribution in [2.75, 3.05) is 6.54 Å². The molecule has 6 aromatic rings. The van der Waals surface area contributed by atoms with Crippen LogP contribution >= 0.6 is 0 Å². The quantitative estimate of drug-likeness (QED) is 0.130. The number of hydrogen-bond acceptors (Lipinski definition) is 3. The Morgan fingerprint density at radius 1 is 0.712 bits per heavy atom. The first-order valence-corrected chi connectivity index (χ1v) is 17.6. The molecular weight excluding hydrogens is 633 g/mol. The molecule has 0 spiro atoms. The lowest BCUT2D eigenvalue weighted by molar-refractivity contribution is 0.668. The number of aryl methyl sites for hydroxylation is 2. The van der Waals surface area contributed by atoms with E-state index in [2.05, 4.69) is 144 Å². The zero-order valence-electron chi connectivity index (χ0n) is 31.0. The highest BCUT2D eigenvalue weighted by Crippen LogP contribution is 2.38. The van der Waals surface area contributed by atoms with Gasteiger partial charge in [0.05, 0.1) is 0 Å². The van der Waals surface area contributed by atoms with E-state index in [9.17, 15) is 0 Å². The van der Waals surface area contributed by atoms with E-state index in [0.29, 0.717) is 6.54 Å². The molecule has 0 aliphatic heterocycles. The summed E-state index contributed by atoms with van der Waals surface area (Å²) in [6, 6.07) is 38.7. The van der Waals surface area contributed by atoms with E-state index in [1.807, 2.05) is 49.4 Å². The average Bonchev–Trinajstić information content (AvgIpc) is 3.73. The molecule has 0 fully saturated rings. The number of fused-ring (bicyclic) bond motifs is 4. The van der Waals surface area contributed by atoms with Crippen molar-refractivity contribution in [1.82, 2.24) is 0 Å². The molecule has 0 saturated heterocycles. The molecule has 0 atom stereocenters. The molecule has 3 nitrogen and oxygen atoms in total. The minimum absolute atomic E-state index is 0.580. The van der Waals surface area contributed by atoms with Crippen LogP contribution in [-0.4, -0.2) is 13.3 Å². The number of nitrogens with one attached hydrogen (secondary N) is 1. The lowest BCUT2D eigenvalue weighted by Crippen LogP contribution is -1.99. The maximum Gasteiger partial charge on any atom is 0.135 e. The van der Waals surface area contributed by atoms with Crippen molar-refractivity contribution >= 4 is 34.2 Å². The van der Waals surface area contributed by atoms with Gasteiger partial charge in [-0.3, -0.25) is 0 Å². The predicted octanol–water partition coefficient (Wildman–Crippen LogP) is 13.2. The van der Waals surface area contributed by atoms with Gasteiger partial charge in [0, 0.05) is 17.3 Å². The van der Waals surface area contributed by atoms with Gasteiger partial charge in [0.15, 0.2) is 0 Å². The summed E-state index contributed by atoms with van der Waals surface area (Å²) in [5, 5.41) is 7.90. The SMILES string of the molecule is C=C/C=C(\C=C/C)CN.C=CC1=C(/C=C\C)c2ccc(-c3cc(C)cc(-c4ccccc4)c3)cc2C1.C=N.Cc1ccc2c(c1)oc1ccccc12. The number of furan rings is 1. The molecule has 7 rings (SSSR count). The topological polar surface area (TPSA) is 63.0 Å². The van der Waals surface area contributed by atoms with Crippen LogP contribution in [0.2, 0.25) is 0 Å². The molecule has 1 aromatic heterocycles. The summed E-state index contributed by atoms with van der Waals surface area (Å²) in [5.41, 5.74) is 21.4. The second-order valence-electron chi connectivity index (χ2n) is 12.4. The molecule has 0 unspecified atom stereocenters. The van der Waals surface area contributed by atoms with Gasteiger partial charge in [-0.2, -0.15) is 0 Å².